The van der Waals surface area contributed by atoms with Crippen molar-refractivity contribution in [1.82, 2.24) is 29.6 Å². The molecule has 43 heavy (non-hydrogen) atoms. The number of anilines is 1. The van der Waals surface area contributed by atoms with Crippen molar-refractivity contribution in [1.29, 1.82) is 0 Å². The molecule has 13 heteroatoms. The third kappa shape index (κ3) is 6.94. The van der Waals surface area contributed by atoms with Gasteiger partial charge >= 0.3 is 6.18 Å². The predicted molar refractivity (Wildman–Crippen MR) is 159 cm³/mol. The van der Waals surface area contributed by atoms with E-state index in [9.17, 15) is 22.8 Å². The van der Waals surface area contributed by atoms with Crippen LogP contribution in [0, 0.1) is 13.8 Å². The fourth-order valence-corrected chi connectivity index (χ4v) is 5.02. The Kier molecular flexibility index (Phi) is 8.62. The third-order valence-corrected chi connectivity index (χ3v) is 7.41. The van der Waals surface area contributed by atoms with E-state index in [-0.39, 0.29) is 22.4 Å². The first-order valence-electron chi connectivity index (χ1n) is 13.4. The van der Waals surface area contributed by atoms with Crippen LogP contribution in [0.25, 0.3) is 10.9 Å². The minimum atomic E-state index is -4.72. The molecule has 0 aliphatic rings. The number of alkyl halides is 3. The summed E-state index contributed by atoms with van der Waals surface area (Å²) < 4.78 is 44.9. The van der Waals surface area contributed by atoms with Gasteiger partial charge in [0.05, 0.1) is 41.0 Å². The van der Waals surface area contributed by atoms with Gasteiger partial charge in [0.15, 0.2) is 0 Å². The van der Waals surface area contributed by atoms with Gasteiger partial charge in [-0.25, -0.2) is 9.97 Å². The van der Waals surface area contributed by atoms with E-state index in [2.05, 4.69) is 41.6 Å². The van der Waals surface area contributed by atoms with Crippen LogP contribution in [-0.4, -0.2) is 42.7 Å². The van der Waals surface area contributed by atoms with Gasteiger partial charge < -0.3 is 15.2 Å². The second-order valence-corrected chi connectivity index (χ2v) is 10.9. The normalized spacial score (nSPS) is 11.6. The van der Waals surface area contributed by atoms with Crippen molar-refractivity contribution < 1.29 is 22.8 Å². The molecule has 2 aromatic carbocycles. The highest BCUT2D eigenvalue weighted by molar-refractivity contribution is 9.10. The summed E-state index contributed by atoms with van der Waals surface area (Å²) in [6.45, 7) is 5.13. The summed E-state index contributed by atoms with van der Waals surface area (Å²) in [5.41, 5.74) is 1.70. The molecule has 5 aromatic rings. The number of hydrogen-bond acceptors (Lipinski definition) is 5. The third-order valence-electron chi connectivity index (χ3n) is 6.91. The molecule has 0 aliphatic carbocycles. The molecule has 5 rings (SSSR count). The SMILES string of the molecule is Cc1nn(Cc2ccc(C(=O)NCCCn3ccnc3)cc2)c(C)c1NC(=O)c1cc(C(F)(F)F)nc2ccc(Br)cc12. The zero-order chi connectivity index (χ0) is 30.7. The number of amides is 2. The number of carbonyl (C=O) groups is 2. The smallest absolute Gasteiger partial charge is 0.352 e. The predicted octanol–water partition coefficient (Wildman–Crippen LogP) is 6.15. The number of hydrogen-bond donors (Lipinski definition) is 2. The maximum absolute atomic E-state index is 13.5. The molecular weight excluding hydrogens is 627 g/mol. The van der Waals surface area contributed by atoms with Crippen LogP contribution in [0.1, 0.15) is 49.8 Å². The fourth-order valence-electron chi connectivity index (χ4n) is 4.66. The van der Waals surface area contributed by atoms with Crippen molar-refractivity contribution in [2.24, 2.45) is 0 Å². The maximum Gasteiger partial charge on any atom is 0.433 e. The summed E-state index contributed by atoms with van der Waals surface area (Å²) in [5.74, 6) is -0.875. The topological polar surface area (TPSA) is 107 Å². The second-order valence-electron chi connectivity index (χ2n) is 9.98. The number of rotatable bonds is 9. The molecule has 0 unspecified atom stereocenters. The molecule has 222 valence electrons. The molecule has 0 aliphatic heterocycles. The molecule has 9 nitrogen and oxygen atoms in total. The van der Waals surface area contributed by atoms with E-state index in [4.69, 9.17) is 0 Å². The first-order chi connectivity index (χ1) is 20.5. The van der Waals surface area contributed by atoms with Gasteiger partial charge in [-0.1, -0.05) is 28.1 Å². The molecule has 0 radical (unpaired) electrons. The van der Waals surface area contributed by atoms with Gasteiger partial charge in [-0.15, -0.1) is 0 Å². The van der Waals surface area contributed by atoms with Crippen LogP contribution in [0.4, 0.5) is 18.9 Å². The molecular formula is C30H27BrF3N7O2. The lowest BCUT2D eigenvalue weighted by Gasteiger charge is -2.13. The summed E-state index contributed by atoms with van der Waals surface area (Å²) in [6, 6.07) is 12.4. The van der Waals surface area contributed by atoms with E-state index in [1.807, 2.05) is 22.9 Å². The quantitative estimate of drug-likeness (QED) is 0.186. The Morgan fingerprint density at radius 3 is 2.49 bits per heavy atom. The molecule has 3 heterocycles. The number of pyridine rings is 1. The Morgan fingerprint density at radius 2 is 1.79 bits per heavy atom. The number of nitrogens with one attached hydrogen (secondary N) is 2. The second kappa shape index (κ2) is 12.4. The van der Waals surface area contributed by atoms with Gasteiger partial charge in [0.2, 0.25) is 0 Å². The molecule has 0 fully saturated rings. The van der Waals surface area contributed by atoms with Crippen LogP contribution in [0.2, 0.25) is 0 Å². The van der Waals surface area contributed by atoms with Crippen molar-refractivity contribution >= 4 is 44.3 Å². The van der Waals surface area contributed by atoms with E-state index in [0.717, 1.165) is 24.6 Å². The largest absolute Gasteiger partial charge is 0.433 e. The lowest BCUT2D eigenvalue weighted by Crippen LogP contribution is -2.25. The molecule has 0 spiro atoms. The van der Waals surface area contributed by atoms with Crippen molar-refractivity contribution in [2.75, 3.05) is 11.9 Å². The molecule has 2 amide bonds. The van der Waals surface area contributed by atoms with Crippen LogP contribution < -0.4 is 10.6 Å². The minimum Gasteiger partial charge on any atom is -0.352 e. The van der Waals surface area contributed by atoms with Gasteiger partial charge in [-0.2, -0.15) is 18.3 Å². The Labute approximate surface area is 253 Å². The monoisotopic (exact) mass is 653 g/mol. The molecule has 2 N–H and O–H groups in total. The van der Waals surface area contributed by atoms with Crippen LogP contribution >= 0.6 is 15.9 Å². The summed E-state index contributed by atoms with van der Waals surface area (Å²) in [6.07, 6.45) is 1.37. The summed E-state index contributed by atoms with van der Waals surface area (Å²) >= 11 is 3.31. The maximum atomic E-state index is 13.5. The van der Waals surface area contributed by atoms with Gasteiger partial charge in [0, 0.05) is 40.9 Å². The van der Waals surface area contributed by atoms with Crippen LogP contribution in [0.3, 0.4) is 0 Å². The van der Waals surface area contributed by atoms with Gasteiger partial charge in [-0.05, 0) is 62.2 Å². The van der Waals surface area contributed by atoms with Crippen molar-refractivity contribution in [3.63, 3.8) is 0 Å². The van der Waals surface area contributed by atoms with Gasteiger partial charge in [0.25, 0.3) is 11.8 Å². The Morgan fingerprint density at radius 1 is 1.02 bits per heavy atom. The number of nitrogens with zero attached hydrogens (tertiary/aromatic N) is 5. The van der Waals surface area contributed by atoms with Crippen molar-refractivity contribution in [3.05, 3.63) is 105 Å². The lowest BCUT2D eigenvalue weighted by molar-refractivity contribution is -0.141. The average molecular weight is 654 g/mol. The Balaban J connectivity index is 1.27. The first kappa shape index (κ1) is 30.0. The molecule has 0 saturated carbocycles. The van der Waals surface area contributed by atoms with Crippen molar-refractivity contribution in [2.45, 2.75) is 39.5 Å². The molecule has 3 aromatic heterocycles. The van der Waals surface area contributed by atoms with E-state index < -0.39 is 17.8 Å². The zero-order valence-corrected chi connectivity index (χ0v) is 24.8. The number of fused-ring (bicyclic) bond motifs is 1. The van der Waals surface area contributed by atoms with Crippen molar-refractivity contribution in [3.8, 4) is 0 Å². The lowest BCUT2D eigenvalue weighted by atomic mass is 10.1. The highest BCUT2D eigenvalue weighted by atomic mass is 79.9. The first-order valence-corrected chi connectivity index (χ1v) is 14.1. The average Bonchev–Trinajstić information content (AvgIpc) is 3.58. The molecule has 0 atom stereocenters. The number of halogens is 4. The van der Waals surface area contributed by atoms with E-state index in [1.165, 1.54) is 6.07 Å². The number of benzene rings is 2. The van der Waals surface area contributed by atoms with Gasteiger partial charge in [0.1, 0.15) is 5.69 Å². The van der Waals surface area contributed by atoms with E-state index in [1.54, 1.807) is 55.3 Å². The number of imidazole rings is 1. The van der Waals surface area contributed by atoms with Gasteiger partial charge in [-0.3, -0.25) is 14.3 Å². The Bertz CT molecular complexity index is 1780. The number of aryl methyl sites for hydroxylation is 2. The minimum absolute atomic E-state index is 0.0546. The number of carbonyl (C=O) groups excluding carboxylic acids is 2. The summed E-state index contributed by atoms with van der Waals surface area (Å²) in [5, 5.41) is 10.5. The van der Waals surface area contributed by atoms with Crippen LogP contribution in [0.15, 0.2) is 71.7 Å². The molecule has 0 bridgehead atoms. The number of aromatic nitrogens is 5. The van der Waals surface area contributed by atoms with Crippen LogP contribution in [-0.2, 0) is 19.3 Å². The van der Waals surface area contributed by atoms with E-state index in [0.29, 0.717) is 40.2 Å². The summed E-state index contributed by atoms with van der Waals surface area (Å²) in [4.78, 5) is 33.6. The highest BCUT2D eigenvalue weighted by Gasteiger charge is 2.34. The summed E-state index contributed by atoms with van der Waals surface area (Å²) in [7, 11) is 0. The van der Waals surface area contributed by atoms with Crippen LogP contribution in [0.5, 0.6) is 0 Å². The zero-order valence-electron chi connectivity index (χ0n) is 23.2. The van der Waals surface area contributed by atoms with E-state index >= 15 is 0 Å². The Hall–Kier alpha value is -4.52. The standard InChI is InChI=1S/C30H27BrF3N7O2/c1-18-27(38-29(43)24-15-26(30(32,33)34)37-25-9-8-22(31)14-23(24)25)19(2)41(39-18)16-20-4-6-21(7-5-20)28(42)36-10-3-12-40-13-11-35-17-40/h4-9,11,13-15,17H,3,10,12,16H2,1-2H3,(H,36,42)(H,38,43). The highest BCUT2D eigenvalue weighted by Crippen LogP contribution is 2.32. The molecule has 0 saturated heterocycles. The fraction of sp³-hybridized carbons (Fsp3) is 0.233.